The van der Waals surface area contributed by atoms with Crippen molar-refractivity contribution in [1.82, 2.24) is 0 Å². The number of nitrogens with zero attached hydrogens (tertiary/aromatic N) is 1. The molecule has 0 aromatic heterocycles. The van der Waals surface area contributed by atoms with Crippen LogP contribution in [0.15, 0.2) is 42.5 Å². The van der Waals surface area contributed by atoms with Crippen LogP contribution >= 0.6 is 0 Å². The molecule has 2 aromatic carbocycles. The molecule has 1 amide bonds. The van der Waals surface area contributed by atoms with Gasteiger partial charge in [0, 0.05) is 18.8 Å². The van der Waals surface area contributed by atoms with E-state index in [1.165, 1.54) is 12.1 Å². The maximum Gasteiger partial charge on any atom is 0.228 e. The summed E-state index contributed by atoms with van der Waals surface area (Å²) in [6, 6.07) is 11.6. The third-order valence-electron chi connectivity index (χ3n) is 4.11. The highest BCUT2D eigenvalue weighted by Crippen LogP contribution is 2.30. The van der Waals surface area contributed by atoms with Crippen LogP contribution in [0.1, 0.15) is 5.56 Å². The second-order valence-corrected chi connectivity index (χ2v) is 5.84. The summed E-state index contributed by atoms with van der Waals surface area (Å²) >= 11 is 0. The quantitative estimate of drug-likeness (QED) is 0.906. The maximum atomic E-state index is 13.0. The Hall–Kier alpha value is -2.60. The molecule has 6 heteroatoms. The molecule has 0 unspecified atom stereocenters. The smallest absolute Gasteiger partial charge is 0.228 e. The van der Waals surface area contributed by atoms with Crippen LogP contribution in [-0.2, 0) is 16.0 Å². The van der Waals surface area contributed by atoms with Crippen LogP contribution in [0.5, 0.6) is 5.75 Å². The second-order valence-electron chi connectivity index (χ2n) is 5.84. The van der Waals surface area contributed by atoms with Crippen LogP contribution in [0.2, 0.25) is 0 Å². The molecule has 0 atom stereocenters. The average Bonchev–Trinajstić information content (AvgIpc) is 2.64. The molecule has 1 fully saturated rings. The first-order chi connectivity index (χ1) is 12.2. The molecule has 0 bridgehead atoms. The third kappa shape index (κ3) is 4.48. The van der Waals surface area contributed by atoms with Gasteiger partial charge in [0.2, 0.25) is 5.91 Å². The number of carbonyl (C=O) groups excluding carboxylic acids is 1. The van der Waals surface area contributed by atoms with Gasteiger partial charge in [0.05, 0.1) is 32.4 Å². The fraction of sp³-hybridized carbons (Fsp3) is 0.316. The van der Waals surface area contributed by atoms with Crippen molar-refractivity contribution in [2.45, 2.75) is 6.42 Å². The Morgan fingerprint density at radius 2 is 1.92 bits per heavy atom. The van der Waals surface area contributed by atoms with E-state index in [0.717, 1.165) is 24.3 Å². The Labute approximate surface area is 146 Å². The summed E-state index contributed by atoms with van der Waals surface area (Å²) in [6.07, 6.45) is 0.172. The molecule has 0 spiro atoms. The molecule has 3 rings (SSSR count). The van der Waals surface area contributed by atoms with Crippen molar-refractivity contribution in [3.8, 4) is 5.75 Å². The average molecular weight is 344 g/mol. The molecule has 1 aliphatic rings. The normalized spacial score (nSPS) is 14.2. The van der Waals surface area contributed by atoms with E-state index in [-0.39, 0.29) is 18.1 Å². The highest BCUT2D eigenvalue weighted by atomic mass is 19.1. The van der Waals surface area contributed by atoms with Crippen molar-refractivity contribution < 1.29 is 18.7 Å². The van der Waals surface area contributed by atoms with E-state index in [2.05, 4.69) is 10.2 Å². The predicted octanol–water partition coefficient (Wildman–Crippen LogP) is 2.85. The summed E-state index contributed by atoms with van der Waals surface area (Å²) in [5.74, 6) is 0.109. The molecule has 1 heterocycles. The van der Waals surface area contributed by atoms with E-state index >= 15 is 0 Å². The Kier molecular flexibility index (Phi) is 5.50. The Bertz CT molecular complexity index is 728. The fourth-order valence-corrected chi connectivity index (χ4v) is 2.79. The zero-order chi connectivity index (χ0) is 17.6. The summed E-state index contributed by atoms with van der Waals surface area (Å²) in [5.41, 5.74) is 2.39. The largest absolute Gasteiger partial charge is 0.495 e. The van der Waals surface area contributed by atoms with Crippen molar-refractivity contribution in [1.29, 1.82) is 0 Å². The fourth-order valence-electron chi connectivity index (χ4n) is 2.79. The number of benzene rings is 2. The predicted molar refractivity (Wildman–Crippen MR) is 94.8 cm³/mol. The van der Waals surface area contributed by atoms with Gasteiger partial charge in [0.1, 0.15) is 11.6 Å². The van der Waals surface area contributed by atoms with E-state index in [1.807, 2.05) is 18.2 Å². The van der Waals surface area contributed by atoms with Crippen LogP contribution in [0, 0.1) is 5.82 Å². The molecule has 5 nitrogen and oxygen atoms in total. The van der Waals surface area contributed by atoms with Crippen LogP contribution in [0.3, 0.4) is 0 Å². The number of hydrogen-bond donors (Lipinski definition) is 1. The van der Waals surface area contributed by atoms with E-state index in [4.69, 9.17) is 9.47 Å². The summed E-state index contributed by atoms with van der Waals surface area (Å²) < 4.78 is 23.7. The molecular formula is C19H21FN2O3. The van der Waals surface area contributed by atoms with E-state index < -0.39 is 0 Å². The van der Waals surface area contributed by atoms with Gasteiger partial charge < -0.3 is 19.7 Å². The van der Waals surface area contributed by atoms with E-state index in [1.54, 1.807) is 19.2 Å². The van der Waals surface area contributed by atoms with Gasteiger partial charge in [-0.15, -0.1) is 0 Å². The van der Waals surface area contributed by atoms with Crippen molar-refractivity contribution in [3.05, 3.63) is 53.8 Å². The Morgan fingerprint density at radius 1 is 1.20 bits per heavy atom. The number of ether oxygens (including phenoxy) is 2. The minimum absolute atomic E-state index is 0.172. The molecule has 0 radical (unpaired) electrons. The SMILES string of the molecule is COc1ccc(N2CCOCC2)cc1NC(=O)Cc1ccc(F)cc1. The first kappa shape index (κ1) is 17.2. The standard InChI is InChI=1S/C19H21FN2O3/c1-24-18-7-6-16(22-8-10-25-11-9-22)13-17(18)21-19(23)12-14-2-4-15(20)5-3-14/h2-7,13H,8-12H2,1H3,(H,21,23). The molecule has 132 valence electrons. The summed E-state index contributed by atoms with van der Waals surface area (Å²) in [4.78, 5) is 14.5. The lowest BCUT2D eigenvalue weighted by Crippen LogP contribution is -2.36. The van der Waals surface area contributed by atoms with E-state index in [9.17, 15) is 9.18 Å². The van der Waals surface area contributed by atoms with Crippen molar-refractivity contribution >= 4 is 17.3 Å². The van der Waals surface area contributed by atoms with Crippen molar-refractivity contribution in [2.75, 3.05) is 43.6 Å². The number of methoxy groups -OCH3 is 1. The number of amides is 1. The van der Waals surface area contributed by atoms with Gasteiger partial charge in [-0.3, -0.25) is 4.79 Å². The molecule has 25 heavy (non-hydrogen) atoms. The maximum absolute atomic E-state index is 13.0. The number of carbonyl (C=O) groups is 1. The molecule has 1 aliphatic heterocycles. The molecule has 0 aliphatic carbocycles. The first-order valence-corrected chi connectivity index (χ1v) is 8.21. The highest BCUT2D eigenvalue weighted by Gasteiger charge is 2.15. The molecule has 1 N–H and O–H groups in total. The number of hydrogen-bond acceptors (Lipinski definition) is 4. The zero-order valence-electron chi connectivity index (χ0n) is 14.1. The molecular weight excluding hydrogens is 323 g/mol. The summed E-state index contributed by atoms with van der Waals surface area (Å²) in [7, 11) is 1.57. The lowest BCUT2D eigenvalue weighted by atomic mass is 10.1. The summed E-state index contributed by atoms with van der Waals surface area (Å²) in [5, 5.41) is 2.89. The topological polar surface area (TPSA) is 50.8 Å². The van der Waals surface area contributed by atoms with Gasteiger partial charge in [-0.1, -0.05) is 12.1 Å². The minimum Gasteiger partial charge on any atom is -0.495 e. The van der Waals surface area contributed by atoms with Gasteiger partial charge in [-0.05, 0) is 35.9 Å². The van der Waals surface area contributed by atoms with Gasteiger partial charge in [-0.25, -0.2) is 4.39 Å². The number of morpholine rings is 1. The van der Waals surface area contributed by atoms with Gasteiger partial charge in [0.25, 0.3) is 0 Å². The van der Waals surface area contributed by atoms with Gasteiger partial charge >= 0.3 is 0 Å². The van der Waals surface area contributed by atoms with Crippen LogP contribution in [0.4, 0.5) is 15.8 Å². The lowest BCUT2D eigenvalue weighted by molar-refractivity contribution is -0.115. The first-order valence-electron chi connectivity index (χ1n) is 8.21. The summed E-state index contributed by atoms with van der Waals surface area (Å²) in [6.45, 7) is 3.02. The minimum atomic E-state index is -0.316. The number of rotatable bonds is 5. The molecule has 1 saturated heterocycles. The third-order valence-corrected chi connectivity index (χ3v) is 4.11. The lowest BCUT2D eigenvalue weighted by Gasteiger charge is -2.29. The van der Waals surface area contributed by atoms with Crippen LogP contribution < -0.4 is 15.0 Å². The Balaban J connectivity index is 1.72. The zero-order valence-corrected chi connectivity index (χ0v) is 14.1. The van der Waals surface area contributed by atoms with Gasteiger partial charge in [0.15, 0.2) is 0 Å². The molecule has 2 aromatic rings. The number of halogens is 1. The number of nitrogens with one attached hydrogen (secondary N) is 1. The van der Waals surface area contributed by atoms with Crippen LogP contribution in [0.25, 0.3) is 0 Å². The van der Waals surface area contributed by atoms with Crippen LogP contribution in [-0.4, -0.2) is 39.3 Å². The van der Waals surface area contributed by atoms with Gasteiger partial charge in [-0.2, -0.15) is 0 Å². The monoisotopic (exact) mass is 344 g/mol. The Morgan fingerprint density at radius 3 is 2.60 bits per heavy atom. The second kappa shape index (κ2) is 7.98. The number of anilines is 2. The van der Waals surface area contributed by atoms with Crippen molar-refractivity contribution in [3.63, 3.8) is 0 Å². The van der Waals surface area contributed by atoms with E-state index in [0.29, 0.717) is 24.7 Å². The highest BCUT2D eigenvalue weighted by molar-refractivity contribution is 5.94. The molecule has 0 saturated carbocycles. The van der Waals surface area contributed by atoms with Crippen molar-refractivity contribution in [2.24, 2.45) is 0 Å².